The summed E-state index contributed by atoms with van der Waals surface area (Å²) >= 11 is 0. The van der Waals surface area contributed by atoms with Gasteiger partial charge in [-0.25, -0.2) is 4.79 Å². The Balaban J connectivity index is 1.46. The molecule has 0 aliphatic carbocycles. The highest BCUT2D eigenvalue weighted by Crippen LogP contribution is 2.38. The van der Waals surface area contributed by atoms with Crippen LogP contribution in [-0.4, -0.2) is 59.7 Å². The number of alkyl halides is 3. The second-order valence-electron chi connectivity index (χ2n) is 10.9. The van der Waals surface area contributed by atoms with Crippen LogP contribution in [0.25, 0.3) is 10.9 Å². The van der Waals surface area contributed by atoms with Crippen molar-refractivity contribution in [2.45, 2.75) is 58.4 Å². The molecule has 2 fully saturated rings. The van der Waals surface area contributed by atoms with Crippen LogP contribution in [0.1, 0.15) is 46.1 Å². The van der Waals surface area contributed by atoms with E-state index < -0.39 is 23.4 Å². The predicted molar refractivity (Wildman–Crippen MR) is 131 cm³/mol. The van der Waals surface area contributed by atoms with Crippen LogP contribution < -0.4 is 10.2 Å². The lowest BCUT2D eigenvalue weighted by atomic mass is 9.94. The van der Waals surface area contributed by atoms with Crippen molar-refractivity contribution in [3.05, 3.63) is 36.0 Å². The zero-order valence-corrected chi connectivity index (χ0v) is 21.1. The van der Waals surface area contributed by atoms with Gasteiger partial charge in [0.15, 0.2) is 0 Å². The number of fused-ring (bicyclic) bond motifs is 1. The number of carbonyl (C=O) groups is 2. The van der Waals surface area contributed by atoms with Crippen molar-refractivity contribution in [1.29, 1.82) is 0 Å². The highest BCUT2D eigenvalue weighted by molar-refractivity contribution is 5.94. The maximum absolute atomic E-state index is 13.5. The molecule has 2 aliphatic heterocycles. The number of hydrogen-bond donors (Lipinski definition) is 1. The van der Waals surface area contributed by atoms with Gasteiger partial charge in [0.2, 0.25) is 5.91 Å². The molecule has 196 valence electrons. The van der Waals surface area contributed by atoms with Crippen LogP contribution in [0.4, 0.5) is 23.7 Å². The number of likely N-dealkylation sites (tertiary alicyclic amines) is 1. The molecule has 0 bridgehead atoms. The van der Waals surface area contributed by atoms with E-state index >= 15 is 0 Å². The smallest absolute Gasteiger partial charge is 0.418 e. The molecule has 2 saturated heterocycles. The monoisotopic (exact) mass is 506 g/mol. The largest absolute Gasteiger partial charge is 0.444 e. The minimum atomic E-state index is -4.49. The van der Waals surface area contributed by atoms with Gasteiger partial charge >= 0.3 is 12.3 Å². The standard InChI is InChI=1S/C26H33F3N4O3/c1-16-12-18(31-23(34)17-9-11-32(14-17)24(35)36-25(2,3)4)15-33(13-16)21-8-7-20(26(27,28)29)22-19(21)6-5-10-30-22/h5-8,10,16-18H,9,11-15H2,1-4H3,(H,31,34)/t16-,17+,18+/m0/s1. The minimum absolute atomic E-state index is 0.0745. The second-order valence-corrected chi connectivity index (χ2v) is 10.9. The summed E-state index contributed by atoms with van der Waals surface area (Å²) in [6.45, 7) is 9.39. The number of nitrogens with zero attached hydrogens (tertiary/aromatic N) is 3. The second kappa shape index (κ2) is 9.78. The third-order valence-corrected chi connectivity index (χ3v) is 6.61. The van der Waals surface area contributed by atoms with Gasteiger partial charge in [-0.1, -0.05) is 6.92 Å². The van der Waals surface area contributed by atoms with Crippen molar-refractivity contribution in [2.75, 3.05) is 31.1 Å². The van der Waals surface area contributed by atoms with E-state index in [9.17, 15) is 22.8 Å². The Labute approximate surface area is 209 Å². The normalized spacial score (nSPS) is 23.1. The number of pyridine rings is 1. The zero-order chi connectivity index (χ0) is 26.3. The van der Waals surface area contributed by atoms with Crippen molar-refractivity contribution in [3.8, 4) is 0 Å². The van der Waals surface area contributed by atoms with Gasteiger partial charge in [-0.05, 0) is 63.8 Å². The van der Waals surface area contributed by atoms with Gasteiger partial charge in [-0.15, -0.1) is 0 Å². The zero-order valence-electron chi connectivity index (χ0n) is 21.1. The highest BCUT2D eigenvalue weighted by Gasteiger charge is 2.37. The first-order valence-electron chi connectivity index (χ1n) is 12.3. The number of nitrogens with one attached hydrogen (secondary N) is 1. The van der Waals surface area contributed by atoms with Gasteiger partial charge in [-0.2, -0.15) is 13.2 Å². The molecule has 10 heteroatoms. The van der Waals surface area contributed by atoms with Gasteiger partial charge in [0.05, 0.1) is 17.0 Å². The van der Waals surface area contributed by atoms with E-state index in [1.807, 2.05) is 4.90 Å². The van der Waals surface area contributed by atoms with Crippen LogP contribution in [0, 0.1) is 11.8 Å². The van der Waals surface area contributed by atoms with E-state index in [0.717, 1.165) is 12.5 Å². The quantitative estimate of drug-likeness (QED) is 0.645. The summed E-state index contributed by atoms with van der Waals surface area (Å²) in [4.78, 5) is 33.0. The van der Waals surface area contributed by atoms with E-state index in [1.54, 1.807) is 37.8 Å². The molecule has 3 atom stereocenters. The molecule has 36 heavy (non-hydrogen) atoms. The molecule has 1 aromatic carbocycles. The first-order chi connectivity index (χ1) is 16.8. The minimum Gasteiger partial charge on any atom is -0.444 e. The van der Waals surface area contributed by atoms with Crippen molar-refractivity contribution in [3.63, 3.8) is 0 Å². The molecule has 0 radical (unpaired) electrons. The summed E-state index contributed by atoms with van der Waals surface area (Å²) in [7, 11) is 0. The summed E-state index contributed by atoms with van der Waals surface area (Å²) in [5.41, 5.74) is -0.757. The average Bonchev–Trinajstić information content (AvgIpc) is 3.27. The number of hydrogen-bond acceptors (Lipinski definition) is 5. The number of carbonyl (C=O) groups excluding carboxylic acids is 2. The Morgan fingerprint density at radius 2 is 1.86 bits per heavy atom. The van der Waals surface area contributed by atoms with E-state index in [0.29, 0.717) is 43.7 Å². The van der Waals surface area contributed by atoms with Gasteiger partial charge in [0.1, 0.15) is 5.60 Å². The molecule has 7 nitrogen and oxygen atoms in total. The molecule has 2 amide bonds. The average molecular weight is 507 g/mol. The third-order valence-electron chi connectivity index (χ3n) is 6.61. The Hall–Kier alpha value is -3.04. The molecule has 0 spiro atoms. The Morgan fingerprint density at radius 1 is 1.11 bits per heavy atom. The topological polar surface area (TPSA) is 74.8 Å². The van der Waals surface area contributed by atoms with Crippen LogP contribution in [-0.2, 0) is 15.7 Å². The number of halogens is 3. The van der Waals surface area contributed by atoms with E-state index in [4.69, 9.17) is 4.74 Å². The maximum Gasteiger partial charge on any atom is 0.418 e. The molecule has 0 unspecified atom stereocenters. The summed E-state index contributed by atoms with van der Waals surface area (Å²) < 4.78 is 46.0. The van der Waals surface area contributed by atoms with Crippen LogP contribution in [0.15, 0.2) is 30.5 Å². The number of ether oxygens (including phenoxy) is 1. The van der Waals surface area contributed by atoms with E-state index in [-0.39, 0.29) is 29.3 Å². The SMILES string of the molecule is C[C@H]1C[C@@H](NC(=O)[C@@H]2CCN(C(=O)OC(C)(C)C)C2)CN(c2ccc(C(F)(F)F)c3ncccc23)C1. The first-order valence-corrected chi connectivity index (χ1v) is 12.3. The number of amides is 2. The molecule has 1 aromatic heterocycles. The molecular formula is C26H33F3N4O3. The lowest BCUT2D eigenvalue weighted by Crippen LogP contribution is -2.52. The van der Waals surface area contributed by atoms with Gasteiger partial charge in [0.25, 0.3) is 0 Å². The molecule has 3 heterocycles. The van der Waals surface area contributed by atoms with Crippen LogP contribution in [0.3, 0.4) is 0 Å². The van der Waals surface area contributed by atoms with Gasteiger partial charge < -0.3 is 19.9 Å². The van der Waals surface area contributed by atoms with Crippen LogP contribution in [0.5, 0.6) is 0 Å². The van der Waals surface area contributed by atoms with Crippen molar-refractivity contribution in [1.82, 2.24) is 15.2 Å². The fourth-order valence-electron chi connectivity index (χ4n) is 5.10. The number of aromatic nitrogens is 1. The van der Waals surface area contributed by atoms with Crippen molar-refractivity contribution < 1.29 is 27.5 Å². The molecule has 4 rings (SSSR count). The fraction of sp³-hybridized carbons (Fsp3) is 0.577. The summed E-state index contributed by atoms with van der Waals surface area (Å²) in [6.07, 6.45) is -2.22. The predicted octanol–water partition coefficient (Wildman–Crippen LogP) is 4.84. The van der Waals surface area contributed by atoms with E-state index in [2.05, 4.69) is 17.2 Å². The number of rotatable bonds is 3. The number of benzene rings is 1. The number of piperidine rings is 1. The molecule has 2 aromatic rings. The highest BCUT2D eigenvalue weighted by atomic mass is 19.4. The van der Waals surface area contributed by atoms with Gasteiger partial charge in [0, 0.05) is 49.5 Å². The Bertz CT molecular complexity index is 1130. The third kappa shape index (κ3) is 5.84. The lowest BCUT2D eigenvalue weighted by Gasteiger charge is -2.39. The maximum atomic E-state index is 13.5. The Kier molecular flexibility index (Phi) is 7.07. The Morgan fingerprint density at radius 3 is 2.56 bits per heavy atom. The molecule has 0 saturated carbocycles. The fourth-order valence-corrected chi connectivity index (χ4v) is 5.10. The first kappa shape index (κ1) is 26.0. The van der Waals surface area contributed by atoms with Crippen molar-refractivity contribution >= 4 is 28.6 Å². The van der Waals surface area contributed by atoms with Crippen LogP contribution in [0.2, 0.25) is 0 Å². The molecule has 2 aliphatic rings. The van der Waals surface area contributed by atoms with Gasteiger partial charge in [-0.3, -0.25) is 9.78 Å². The van der Waals surface area contributed by atoms with E-state index in [1.165, 1.54) is 12.3 Å². The molecule has 1 N–H and O–H groups in total. The molecular weight excluding hydrogens is 473 g/mol. The summed E-state index contributed by atoms with van der Waals surface area (Å²) in [5.74, 6) is -0.210. The van der Waals surface area contributed by atoms with Crippen LogP contribution >= 0.6 is 0 Å². The lowest BCUT2D eigenvalue weighted by molar-refractivity contribution is -0.136. The summed E-state index contributed by atoms with van der Waals surface area (Å²) in [5, 5.41) is 3.57. The van der Waals surface area contributed by atoms with Crippen molar-refractivity contribution in [2.24, 2.45) is 11.8 Å². The summed E-state index contributed by atoms with van der Waals surface area (Å²) in [6, 6.07) is 5.71. The number of anilines is 1.